The fourth-order valence-electron chi connectivity index (χ4n) is 3.31. The molecule has 3 rings (SSSR count). The van der Waals surface area contributed by atoms with Gasteiger partial charge < -0.3 is 15.4 Å². The van der Waals surface area contributed by atoms with Gasteiger partial charge in [0, 0.05) is 44.7 Å². The lowest BCUT2D eigenvalue weighted by Crippen LogP contribution is -2.38. The Balaban J connectivity index is 1.40. The Morgan fingerprint density at radius 1 is 0.935 bits per heavy atom. The SMILES string of the molecule is O=C(CCc1ccc(F)c(F)c1)NCc1cccc(NC(=O)CCN2CCOCC2)c1. The van der Waals surface area contributed by atoms with Crippen LogP contribution in [0, 0.1) is 11.6 Å². The molecule has 0 aliphatic carbocycles. The van der Waals surface area contributed by atoms with Crippen LogP contribution in [-0.2, 0) is 27.3 Å². The first-order chi connectivity index (χ1) is 15.0. The normalized spacial score (nSPS) is 14.3. The van der Waals surface area contributed by atoms with Crippen molar-refractivity contribution in [3.8, 4) is 0 Å². The van der Waals surface area contributed by atoms with Gasteiger partial charge in [0.15, 0.2) is 11.6 Å². The average molecular weight is 431 g/mol. The van der Waals surface area contributed by atoms with Gasteiger partial charge in [0.1, 0.15) is 0 Å². The molecule has 1 heterocycles. The average Bonchev–Trinajstić information content (AvgIpc) is 2.78. The summed E-state index contributed by atoms with van der Waals surface area (Å²) in [5, 5.41) is 5.70. The van der Waals surface area contributed by atoms with Crippen LogP contribution >= 0.6 is 0 Å². The number of nitrogens with zero attached hydrogens (tertiary/aromatic N) is 1. The van der Waals surface area contributed by atoms with Crippen LogP contribution in [0.3, 0.4) is 0 Å². The molecule has 31 heavy (non-hydrogen) atoms. The third kappa shape index (κ3) is 7.73. The summed E-state index contributed by atoms with van der Waals surface area (Å²) in [7, 11) is 0. The lowest BCUT2D eigenvalue weighted by Gasteiger charge is -2.26. The molecule has 1 aliphatic heterocycles. The summed E-state index contributed by atoms with van der Waals surface area (Å²) in [5.41, 5.74) is 2.10. The van der Waals surface area contributed by atoms with E-state index in [9.17, 15) is 18.4 Å². The molecular formula is C23H27F2N3O3. The van der Waals surface area contributed by atoms with E-state index in [1.54, 1.807) is 6.07 Å². The molecule has 8 heteroatoms. The Morgan fingerprint density at radius 3 is 2.52 bits per heavy atom. The van der Waals surface area contributed by atoms with E-state index in [4.69, 9.17) is 4.74 Å². The van der Waals surface area contributed by atoms with Crippen molar-refractivity contribution in [3.63, 3.8) is 0 Å². The van der Waals surface area contributed by atoms with Crippen LogP contribution in [0.1, 0.15) is 24.0 Å². The molecular weight excluding hydrogens is 404 g/mol. The first-order valence-corrected chi connectivity index (χ1v) is 10.4. The highest BCUT2D eigenvalue weighted by molar-refractivity contribution is 5.90. The smallest absolute Gasteiger partial charge is 0.225 e. The number of hydrogen-bond acceptors (Lipinski definition) is 4. The molecule has 2 aromatic carbocycles. The monoisotopic (exact) mass is 431 g/mol. The zero-order valence-electron chi connectivity index (χ0n) is 17.3. The molecule has 0 radical (unpaired) electrons. The Hall–Kier alpha value is -2.84. The number of ether oxygens (including phenoxy) is 1. The summed E-state index contributed by atoms with van der Waals surface area (Å²) in [6, 6.07) is 10.9. The molecule has 2 aromatic rings. The summed E-state index contributed by atoms with van der Waals surface area (Å²) in [6.45, 7) is 4.11. The number of hydrogen-bond donors (Lipinski definition) is 2. The van der Waals surface area contributed by atoms with Gasteiger partial charge >= 0.3 is 0 Å². The minimum Gasteiger partial charge on any atom is -0.379 e. The Kier molecular flexibility index (Phi) is 8.49. The molecule has 2 N–H and O–H groups in total. The van der Waals surface area contributed by atoms with Crippen LogP contribution < -0.4 is 10.6 Å². The number of halogens is 2. The predicted molar refractivity (Wildman–Crippen MR) is 113 cm³/mol. The van der Waals surface area contributed by atoms with Crippen LogP contribution in [0.2, 0.25) is 0 Å². The van der Waals surface area contributed by atoms with Crippen molar-refractivity contribution in [2.24, 2.45) is 0 Å². The number of amides is 2. The molecule has 0 spiro atoms. The highest BCUT2D eigenvalue weighted by atomic mass is 19.2. The van der Waals surface area contributed by atoms with Gasteiger partial charge in [-0.25, -0.2) is 8.78 Å². The number of rotatable bonds is 9. The van der Waals surface area contributed by atoms with Crippen molar-refractivity contribution < 1.29 is 23.1 Å². The number of nitrogens with one attached hydrogen (secondary N) is 2. The summed E-state index contributed by atoms with van der Waals surface area (Å²) in [6.07, 6.45) is 0.899. The molecule has 2 amide bonds. The van der Waals surface area contributed by atoms with E-state index < -0.39 is 11.6 Å². The van der Waals surface area contributed by atoms with E-state index in [1.807, 2.05) is 18.2 Å². The van der Waals surface area contributed by atoms with Crippen LogP contribution in [0.25, 0.3) is 0 Å². The topological polar surface area (TPSA) is 70.7 Å². The summed E-state index contributed by atoms with van der Waals surface area (Å²) in [4.78, 5) is 26.5. The van der Waals surface area contributed by atoms with Crippen LogP contribution in [-0.4, -0.2) is 49.6 Å². The molecule has 0 aromatic heterocycles. The number of carbonyl (C=O) groups is 2. The van der Waals surface area contributed by atoms with E-state index in [1.165, 1.54) is 6.07 Å². The predicted octanol–water partition coefficient (Wildman–Crippen LogP) is 2.87. The number of aryl methyl sites for hydroxylation is 1. The molecule has 6 nitrogen and oxygen atoms in total. The highest BCUT2D eigenvalue weighted by Gasteiger charge is 2.12. The third-order valence-electron chi connectivity index (χ3n) is 5.08. The quantitative estimate of drug-likeness (QED) is 0.641. The van der Waals surface area contributed by atoms with Gasteiger partial charge in [-0.3, -0.25) is 14.5 Å². The molecule has 1 aliphatic rings. The van der Waals surface area contributed by atoms with Crippen molar-refractivity contribution in [1.29, 1.82) is 0 Å². The van der Waals surface area contributed by atoms with Gasteiger partial charge in [0.2, 0.25) is 11.8 Å². The van der Waals surface area contributed by atoms with E-state index in [2.05, 4.69) is 15.5 Å². The van der Waals surface area contributed by atoms with Crippen molar-refractivity contribution in [2.45, 2.75) is 25.8 Å². The maximum absolute atomic E-state index is 13.2. The van der Waals surface area contributed by atoms with Gasteiger partial charge in [-0.05, 0) is 41.8 Å². The highest BCUT2D eigenvalue weighted by Crippen LogP contribution is 2.13. The summed E-state index contributed by atoms with van der Waals surface area (Å²) < 4.78 is 31.5. The number of carbonyl (C=O) groups excluding carboxylic acids is 2. The first-order valence-electron chi connectivity index (χ1n) is 10.4. The number of morpholine rings is 1. The summed E-state index contributed by atoms with van der Waals surface area (Å²) in [5.74, 6) is -2.06. The van der Waals surface area contributed by atoms with E-state index in [-0.39, 0.29) is 18.2 Å². The van der Waals surface area contributed by atoms with Gasteiger partial charge in [-0.1, -0.05) is 18.2 Å². The molecule has 166 valence electrons. The van der Waals surface area contributed by atoms with Gasteiger partial charge in [-0.15, -0.1) is 0 Å². The molecule has 0 atom stereocenters. The van der Waals surface area contributed by atoms with Gasteiger partial charge in [0.05, 0.1) is 13.2 Å². The van der Waals surface area contributed by atoms with Crippen molar-refractivity contribution in [3.05, 3.63) is 65.2 Å². The second-order valence-electron chi connectivity index (χ2n) is 7.48. The minimum atomic E-state index is -0.915. The molecule has 0 saturated carbocycles. The lowest BCUT2D eigenvalue weighted by atomic mass is 10.1. The standard InChI is InChI=1S/C23H27F2N3O3/c24-20-6-4-17(15-21(20)25)5-7-22(29)26-16-18-2-1-3-19(14-18)27-23(30)8-9-28-10-12-31-13-11-28/h1-4,6,14-15H,5,7-13,16H2,(H,26,29)(H,27,30). The third-order valence-corrected chi connectivity index (χ3v) is 5.08. The number of anilines is 1. The fraction of sp³-hybridized carbons (Fsp3) is 0.391. The second-order valence-corrected chi connectivity index (χ2v) is 7.48. The second kappa shape index (κ2) is 11.5. The zero-order chi connectivity index (χ0) is 22.1. The van der Waals surface area contributed by atoms with Crippen LogP contribution in [0.5, 0.6) is 0 Å². The van der Waals surface area contributed by atoms with Crippen molar-refractivity contribution in [1.82, 2.24) is 10.2 Å². The van der Waals surface area contributed by atoms with Gasteiger partial charge in [0.25, 0.3) is 0 Å². The largest absolute Gasteiger partial charge is 0.379 e. The van der Waals surface area contributed by atoms with Crippen molar-refractivity contribution >= 4 is 17.5 Å². The Labute approximate surface area is 180 Å². The maximum atomic E-state index is 13.2. The minimum absolute atomic E-state index is 0.0563. The molecule has 1 saturated heterocycles. The molecule has 0 unspecified atom stereocenters. The molecule has 1 fully saturated rings. The Bertz CT molecular complexity index is 901. The van der Waals surface area contributed by atoms with Crippen LogP contribution in [0.4, 0.5) is 14.5 Å². The Morgan fingerprint density at radius 2 is 1.74 bits per heavy atom. The van der Waals surface area contributed by atoms with Crippen molar-refractivity contribution in [2.75, 3.05) is 38.2 Å². The zero-order valence-corrected chi connectivity index (χ0v) is 17.3. The number of benzene rings is 2. The maximum Gasteiger partial charge on any atom is 0.225 e. The van der Waals surface area contributed by atoms with Crippen LogP contribution in [0.15, 0.2) is 42.5 Å². The van der Waals surface area contributed by atoms with Gasteiger partial charge in [-0.2, -0.15) is 0 Å². The first kappa shape index (κ1) is 22.8. The van der Waals surface area contributed by atoms with E-state index >= 15 is 0 Å². The lowest BCUT2D eigenvalue weighted by molar-refractivity contribution is -0.121. The van der Waals surface area contributed by atoms with E-state index in [0.29, 0.717) is 50.4 Å². The van der Waals surface area contributed by atoms with E-state index in [0.717, 1.165) is 30.8 Å². The molecule has 0 bridgehead atoms. The summed E-state index contributed by atoms with van der Waals surface area (Å²) >= 11 is 0. The fourth-order valence-corrected chi connectivity index (χ4v) is 3.31.